The molecule has 1 heterocycles. The fourth-order valence-electron chi connectivity index (χ4n) is 6.10. The van der Waals surface area contributed by atoms with E-state index in [0.29, 0.717) is 24.2 Å². The van der Waals surface area contributed by atoms with Crippen LogP contribution in [0, 0.1) is 0 Å². The summed E-state index contributed by atoms with van der Waals surface area (Å²) in [5, 5.41) is 30.6. The number of nitrogens with zero attached hydrogens (tertiary/aromatic N) is 1. The quantitative estimate of drug-likeness (QED) is 0.265. The number of phenols is 1. The van der Waals surface area contributed by atoms with Gasteiger partial charge < -0.3 is 20.3 Å². The van der Waals surface area contributed by atoms with Gasteiger partial charge in [0.05, 0.1) is 30.2 Å². The first-order chi connectivity index (χ1) is 18.8. The average Bonchev–Trinajstić information content (AvgIpc) is 3.48. The number of carbonyl (C=O) groups excluding carboxylic acids is 1. The molecule has 0 atom stereocenters. The van der Waals surface area contributed by atoms with Crippen LogP contribution in [0.2, 0.25) is 0 Å². The van der Waals surface area contributed by atoms with Crippen LogP contribution in [0.5, 0.6) is 11.5 Å². The number of hydrogen-bond acceptors (Lipinski definition) is 5. The van der Waals surface area contributed by atoms with Crippen molar-refractivity contribution in [1.82, 2.24) is 15.5 Å². The molecule has 3 aromatic carbocycles. The summed E-state index contributed by atoms with van der Waals surface area (Å²) in [6.45, 7) is 4.33. The van der Waals surface area contributed by atoms with Gasteiger partial charge in [-0.2, -0.15) is 5.10 Å². The number of phenolic OH excluding ortho intramolecular Hbond substituents is 1. The molecule has 0 saturated heterocycles. The van der Waals surface area contributed by atoms with Gasteiger partial charge in [0.25, 0.3) is 5.91 Å². The van der Waals surface area contributed by atoms with Crippen LogP contribution in [0.25, 0.3) is 33.6 Å². The monoisotopic (exact) mass is 523 g/mol. The van der Waals surface area contributed by atoms with E-state index >= 15 is 0 Å². The molecular formula is C32H33N3O4. The highest BCUT2D eigenvalue weighted by Crippen LogP contribution is 2.52. The zero-order valence-corrected chi connectivity index (χ0v) is 22.4. The Morgan fingerprint density at radius 3 is 2.23 bits per heavy atom. The maximum atomic E-state index is 13.4. The molecular weight excluding hydrogens is 490 g/mol. The molecule has 0 spiro atoms. The second-order valence-corrected chi connectivity index (χ2v) is 11.1. The Bertz CT molecular complexity index is 1530. The fourth-order valence-corrected chi connectivity index (χ4v) is 6.10. The van der Waals surface area contributed by atoms with Crippen LogP contribution in [-0.2, 0) is 5.41 Å². The van der Waals surface area contributed by atoms with Crippen LogP contribution in [0.1, 0.15) is 61.0 Å². The lowest BCUT2D eigenvalue weighted by molar-refractivity contribution is 0.0865. The van der Waals surface area contributed by atoms with E-state index in [1.807, 2.05) is 24.3 Å². The van der Waals surface area contributed by atoms with Crippen molar-refractivity contribution in [2.75, 3.05) is 7.11 Å². The Hall–Kier alpha value is -4.10. The van der Waals surface area contributed by atoms with Gasteiger partial charge in [-0.3, -0.25) is 9.89 Å². The number of ether oxygens (including phenoxy) is 1. The van der Waals surface area contributed by atoms with E-state index in [2.05, 4.69) is 48.5 Å². The maximum absolute atomic E-state index is 13.4. The van der Waals surface area contributed by atoms with Crippen LogP contribution in [0.15, 0.2) is 60.7 Å². The summed E-state index contributed by atoms with van der Waals surface area (Å²) in [6, 6.07) is 19.4. The molecule has 0 radical (unpaired) electrons. The first-order valence-corrected chi connectivity index (χ1v) is 13.5. The molecule has 1 amide bonds. The standard InChI is InChI=1S/C32H33N3O4/c1-32(2)26-16-25(31(38)33-21-10-14-23(37)15-11-21)27(39-3)17-24(26)30-28(32)29(34-35-30)20-6-4-18(5-7-20)19-8-12-22(36)13-9-19/h4-9,12-13,16-17,21,23,36-37H,10-11,14-15H2,1-3H3,(H,33,38)(H,34,35). The molecule has 1 fully saturated rings. The number of amides is 1. The molecule has 1 aromatic heterocycles. The van der Waals surface area contributed by atoms with Gasteiger partial charge in [-0.05, 0) is 66.6 Å². The summed E-state index contributed by atoms with van der Waals surface area (Å²) in [4.78, 5) is 13.4. The highest BCUT2D eigenvalue weighted by molar-refractivity contribution is 5.99. The van der Waals surface area contributed by atoms with Crippen LogP contribution in [0.4, 0.5) is 0 Å². The van der Waals surface area contributed by atoms with E-state index in [9.17, 15) is 15.0 Å². The van der Waals surface area contributed by atoms with Crippen LogP contribution in [0.3, 0.4) is 0 Å². The number of aliphatic hydroxyl groups excluding tert-OH is 1. The summed E-state index contributed by atoms with van der Waals surface area (Å²) in [6.07, 6.45) is 2.70. The minimum Gasteiger partial charge on any atom is -0.508 e. The second kappa shape index (κ2) is 9.58. The third-order valence-electron chi connectivity index (χ3n) is 8.31. The Morgan fingerprint density at radius 1 is 0.974 bits per heavy atom. The number of methoxy groups -OCH3 is 1. The second-order valence-electron chi connectivity index (χ2n) is 11.1. The number of fused-ring (bicyclic) bond motifs is 3. The lowest BCUT2D eigenvalue weighted by Crippen LogP contribution is -2.38. The highest BCUT2D eigenvalue weighted by Gasteiger charge is 2.41. The van der Waals surface area contributed by atoms with Gasteiger partial charge in [-0.15, -0.1) is 0 Å². The molecule has 0 bridgehead atoms. The van der Waals surface area contributed by atoms with Gasteiger partial charge in [-0.1, -0.05) is 50.2 Å². The van der Waals surface area contributed by atoms with Gasteiger partial charge >= 0.3 is 0 Å². The summed E-state index contributed by atoms with van der Waals surface area (Å²) in [7, 11) is 1.59. The van der Waals surface area contributed by atoms with Crippen molar-refractivity contribution in [1.29, 1.82) is 0 Å². The molecule has 0 unspecified atom stereocenters. The van der Waals surface area contributed by atoms with E-state index in [1.54, 1.807) is 19.2 Å². The minimum absolute atomic E-state index is 0.0555. The summed E-state index contributed by atoms with van der Waals surface area (Å²) >= 11 is 0. The van der Waals surface area contributed by atoms with E-state index in [4.69, 9.17) is 9.84 Å². The van der Waals surface area contributed by atoms with Gasteiger partial charge in [0, 0.05) is 28.1 Å². The number of aliphatic hydroxyl groups is 1. The van der Waals surface area contributed by atoms with Crippen molar-refractivity contribution in [2.45, 2.75) is 57.1 Å². The zero-order valence-electron chi connectivity index (χ0n) is 22.4. The number of carbonyl (C=O) groups is 1. The average molecular weight is 524 g/mol. The van der Waals surface area contributed by atoms with E-state index < -0.39 is 5.41 Å². The first-order valence-electron chi connectivity index (χ1n) is 13.5. The van der Waals surface area contributed by atoms with Gasteiger partial charge in [-0.25, -0.2) is 0 Å². The van der Waals surface area contributed by atoms with Crippen molar-refractivity contribution in [3.05, 3.63) is 77.4 Å². The molecule has 2 aliphatic carbocycles. The third kappa shape index (κ3) is 4.36. The van der Waals surface area contributed by atoms with Crippen molar-refractivity contribution in [3.8, 4) is 45.1 Å². The molecule has 39 heavy (non-hydrogen) atoms. The van der Waals surface area contributed by atoms with E-state index in [-0.39, 0.29) is 23.8 Å². The first kappa shape index (κ1) is 25.2. The van der Waals surface area contributed by atoms with Crippen molar-refractivity contribution in [3.63, 3.8) is 0 Å². The normalized spacial score (nSPS) is 19.3. The van der Waals surface area contributed by atoms with Gasteiger partial charge in [0.1, 0.15) is 11.5 Å². The number of aromatic amines is 1. The Labute approximate surface area is 227 Å². The lowest BCUT2D eigenvalue weighted by Gasteiger charge is -2.27. The Morgan fingerprint density at radius 2 is 1.59 bits per heavy atom. The topological polar surface area (TPSA) is 107 Å². The van der Waals surface area contributed by atoms with Gasteiger partial charge in [0.15, 0.2) is 0 Å². The highest BCUT2D eigenvalue weighted by atomic mass is 16.5. The molecule has 7 heteroatoms. The number of H-pyrrole nitrogens is 1. The summed E-state index contributed by atoms with van der Waals surface area (Å²) in [5.74, 6) is 0.626. The Kier molecular flexibility index (Phi) is 6.19. The molecule has 0 aliphatic heterocycles. The maximum Gasteiger partial charge on any atom is 0.255 e. The zero-order chi connectivity index (χ0) is 27.3. The van der Waals surface area contributed by atoms with Gasteiger partial charge in [0.2, 0.25) is 0 Å². The van der Waals surface area contributed by atoms with Crippen LogP contribution < -0.4 is 10.1 Å². The molecule has 2 aliphatic rings. The molecule has 4 N–H and O–H groups in total. The number of hydrogen-bond donors (Lipinski definition) is 4. The van der Waals surface area contributed by atoms with Crippen molar-refractivity contribution < 1.29 is 19.7 Å². The third-order valence-corrected chi connectivity index (χ3v) is 8.31. The largest absolute Gasteiger partial charge is 0.508 e. The molecule has 7 nitrogen and oxygen atoms in total. The van der Waals surface area contributed by atoms with Crippen LogP contribution in [-0.4, -0.2) is 45.6 Å². The number of aromatic nitrogens is 2. The smallest absolute Gasteiger partial charge is 0.255 e. The fraction of sp³-hybridized carbons (Fsp3) is 0.312. The van der Waals surface area contributed by atoms with E-state index in [1.165, 1.54) is 0 Å². The molecule has 4 aromatic rings. The number of aromatic hydroxyl groups is 1. The summed E-state index contributed by atoms with van der Waals surface area (Å²) in [5.41, 5.74) is 8.18. The predicted octanol–water partition coefficient (Wildman–Crippen LogP) is 5.80. The predicted molar refractivity (Wildman–Crippen MR) is 151 cm³/mol. The van der Waals surface area contributed by atoms with E-state index in [0.717, 1.165) is 57.6 Å². The summed E-state index contributed by atoms with van der Waals surface area (Å²) < 4.78 is 5.68. The molecule has 1 saturated carbocycles. The lowest BCUT2D eigenvalue weighted by atomic mass is 9.80. The van der Waals surface area contributed by atoms with Crippen molar-refractivity contribution in [2.24, 2.45) is 0 Å². The Balaban J connectivity index is 1.33. The van der Waals surface area contributed by atoms with Crippen LogP contribution >= 0.6 is 0 Å². The number of nitrogens with one attached hydrogen (secondary N) is 2. The number of benzene rings is 3. The minimum atomic E-state index is -0.390. The molecule has 200 valence electrons. The SMILES string of the molecule is COc1cc2c(cc1C(=O)NC1CCC(O)CC1)C(C)(C)c1c(-c3ccc(-c4ccc(O)cc4)cc3)n[nH]c1-2. The van der Waals surface area contributed by atoms with Crippen molar-refractivity contribution >= 4 is 5.91 Å². The number of rotatable bonds is 5. The molecule has 6 rings (SSSR count).